The highest BCUT2D eigenvalue weighted by Gasteiger charge is 2.30. The van der Waals surface area contributed by atoms with Gasteiger partial charge in [-0.3, -0.25) is 9.59 Å². The van der Waals surface area contributed by atoms with Gasteiger partial charge in [-0.05, 0) is 44.0 Å². The predicted octanol–water partition coefficient (Wildman–Crippen LogP) is 2.37. The summed E-state index contributed by atoms with van der Waals surface area (Å²) < 4.78 is 0. The molecule has 0 bridgehead atoms. The highest BCUT2D eigenvalue weighted by atomic mass is 35.5. The van der Waals surface area contributed by atoms with Gasteiger partial charge in [0.15, 0.2) is 0 Å². The molecule has 2 rings (SSSR count). The number of carbonyl (C=O) groups is 2. The van der Waals surface area contributed by atoms with Crippen molar-refractivity contribution in [1.82, 2.24) is 0 Å². The van der Waals surface area contributed by atoms with Crippen LogP contribution in [0, 0.1) is 5.92 Å². The minimum atomic E-state index is -0.139. The van der Waals surface area contributed by atoms with Gasteiger partial charge >= 0.3 is 0 Å². The lowest BCUT2D eigenvalue weighted by Gasteiger charge is -2.12. The fourth-order valence-electron chi connectivity index (χ4n) is 1.78. The van der Waals surface area contributed by atoms with E-state index in [0.717, 1.165) is 12.8 Å². The number of nitrogens with two attached hydrogens (primary N) is 1. The van der Waals surface area contributed by atoms with Gasteiger partial charge in [-0.15, -0.1) is 0 Å². The van der Waals surface area contributed by atoms with Gasteiger partial charge in [-0.2, -0.15) is 0 Å². The van der Waals surface area contributed by atoms with Crippen LogP contribution in [0.15, 0.2) is 18.2 Å². The summed E-state index contributed by atoms with van der Waals surface area (Å²) >= 11 is 5.93. The van der Waals surface area contributed by atoms with Crippen molar-refractivity contribution in [3.8, 4) is 0 Å². The maximum atomic E-state index is 11.8. The average Bonchev–Trinajstić information content (AvgIpc) is 3.23. The summed E-state index contributed by atoms with van der Waals surface area (Å²) in [6, 6.07) is 5.01. The number of hydrogen-bond donors (Lipinski definition) is 3. The Morgan fingerprint density at radius 3 is 2.65 bits per heavy atom. The first-order valence-corrected chi connectivity index (χ1v) is 7.08. The molecule has 1 aliphatic carbocycles. The standard InChI is InChI=1S/C14H18ClN3O2/c15-10-5-6-11(18-14(20)9-3-4-9)12(8-10)17-13(19)2-1-7-16/h5-6,8-9H,1-4,7,16H2,(H,17,19)(H,18,20). The molecule has 1 aromatic rings. The van der Waals surface area contributed by atoms with E-state index >= 15 is 0 Å². The lowest BCUT2D eigenvalue weighted by molar-refractivity contribution is -0.117. The van der Waals surface area contributed by atoms with Crippen LogP contribution < -0.4 is 16.4 Å². The zero-order valence-corrected chi connectivity index (χ0v) is 11.9. The van der Waals surface area contributed by atoms with E-state index in [-0.39, 0.29) is 17.7 Å². The summed E-state index contributed by atoms with van der Waals surface area (Å²) in [5.74, 6) is -0.0455. The number of halogens is 1. The van der Waals surface area contributed by atoms with E-state index < -0.39 is 0 Å². The molecular weight excluding hydrogens is 278 g/mol. The maximum absolute atomic E-state index is 11.8. The van der Waals surface area contributed by atoms with Crippen LogP contribution in [-0.4, -0.2) is 18.4 Å². The molecule has 1 aromatic carbocycles. The molecule has 1 aliphatic rings. The van der Waals surface area contributed by atoms with Gasteiger partial charge < -0.3 is 16.4 Å². The molecule has 20 heavy (non-hydrogen) atoms. The van der Waals surface area contributed by atoms with Crippen LogP contribution in [0.3, 0.4) is 0 Å². The van der Waals surface area contributed by atoms with Crippen molar-refractivity contribution < 1.29 is 9.59 Å². The Hall–Kier alpha value is -1.59. The second-order valence-electron chi connectivity index (χ2n) is 4.89. The van der Waals surface area contributed by atoms with E-state index in [1.807, 2.05) is 0 Å². The van der Waals surface area contributed by atoms with Gasteiger partial charge in [-0.25, -0.2) is 0 Å². The fourth-order valence-corrected chi connectivity index (χ4v) is 1.96. The third-order valence-corrected chi connectivity index (χ3v) is 3.30. The zero-order valence-electron chi connectivity index (χ0n) is 11.1. The molecule has 0 saturated heterocycles. The van der Waals surface area contributed by atoms with E-state index in [1.165, 1.54) is 0 Å². The Balaban J connectivity index is 2.06. The number of carbonyl (C=O) groups excluding carboxylic acids is 2. The molecule has 0 unspecified atom stereocenters. The molecule has 6 heteroatoms. The van der Waals surface area contributed by atoms with E-state index in [2.05, 4.69) is 10.6 Å². The van der Waals surface area contributed by atoms with Gasteiger partial charge in [0.1, 0.15) is 0 Å². The highest BCUT2D eigenvalue weighted by molar-refractivity contribution is 6.31. The average molecular weight is 296 g/mol. The number of anilines is 2. The lowest BCUT2D eigenvalue weighted by atomic mass is 10.2. The quantitative estimate of drug-likeness (QED) is 0.753. The van der Waals surface area contributed by atoms with Crippen molar-refractivity contribution in [2.24, 2.45) is 11.7 Å². The van der Waals surface area contributed by atoms with Gasteiger partial charge in [0.25, 0.3) is 0 Å². The maximum Gasteiger partial charge on any atom is 0.227 e. The third-order valence-electron chi connectivity index (χ3n) is 3.07. The summed E-state index contributed by atoms with van der Waals surface area (Å²) in [5, 5.41) is 6.08. The first-order chi connectivity index (χ1) is 9.60. The van der Waals surface area contributed by atoms with Crippen LogP contribution >= 0.6 is 11.6 Å². The monoisotopic (exact) mass is 295 g/mol. The van der Waals surface area contributed by atoms with Crippen LogP contribution in [0.25, 0.3) is 0 Å². The molecule has 0 atom stereocenters. The summed E-state index contributed by atoms with van der Waals surface area (Å²) in [5.41, 5.74) is 6.47. The lowest BCUT2D eigenvalue weighted by Crippen LogP contribution is -2.18. The van der Waals surface area contributed by atoms with Crippen molar-refractivity contribution >= 4 is 34.8 Å². The second-order valence-corrected chi connectivity index (χ2v) is 5.33. The Kier molecular flexibility index (Phi) is 4.98. The number of rotatable bonds is 6. The van der Waals surface area contributed by atoms with E-state index in [0.29, 0.717) is 35.8 Å². The summed E-state index contributed by atoms with van der Waals surface area (Å²) in [6.07, 6.45) is 2.82. The van der Waals surface area contributed by atoms with Crippen LogP contribution in [-0.2, 0) is 9.59 Å². The molecule has 1 saturated carbocycles. The fraction of sp³-hybridized carbons (Fsp3) is 0.429. The Labute approximate surface area is 122 Å². The largest absolute Gasteiger partial charge is 0.330 e. The number of amides is 2. The van der Waals surface area contributed by atoms with Gasteiger partial charge in [0, 0.05) is 17.4 Å². The Morgan fingerprint density at radius 1 is 1.25 bits per heavy atom. The molecule has 0 aliphatic heterocycles. The van der Waals surface area contributed by atoms with E-state index in [1.54, 1.807) is 18.2 Å². The van der Waals surface area contributed by atoms with Gasteiger partial charge in [0.2, 0.25) is 11.8 Å². The predicted molar refractivity (Wildman–Crippen MR) is 79.7 cm³/mol. The molecule has 0 heterocycles. The third kappa shape index (κ3) is 4.21. The molecule has 108 valence electrons. The molecule has 0 aromatic heterocycles. The van der Waals surface area contributed by atoms with Crippen molar-refractivity contribution in [3.63, 3.8) is 0 Å². The number of hydrogen-bond acceptors (Lipinski definition) is 3. The van der Waals surface area contributed by atoms with Crippen molar-refractivity contribution in [2.75, 3.05) is 17.2 Å². The van der Waals surface area contributed by atoms with Crippen LogP contribution in [0.1, 0.15) is 25.7 Å². The van der Waals surface area contributed by atoms with Crippen LogP contribution in [0.4, 0.5) is 11.4 Å². The SMILES string of the molecule is NCCCC(=O)Nc1cc(Cl)ccc1NC(=O)C1CC1. The molecule has 0 spiro atoms. The highest BCUT2D eigenvalue weighted by Crippen LogP contribution is 2.32. The molecule has 2 amide bonds. The first kappa shape index (κ1) is 14.8. The summed E-state index contributed by atoms with van der Waals surface area (Å²) in [7, 11) is 0. The van der Waals surface area contributed by atoms with Gasteiger partial charge in [-0.1, -0.05) is 11.6 Å². The van der Waals surface area contributed by atoms with Crippen LogP contribution in [0.5, 0.6) is 0 Å². The van der Waals surface area contributed by atoms with E-state index in [9.17, 15) is 9.59 Å². The molecular formula is C14H18ClN3O2. The molecule has 1 fully saturated rings. The number of nitrogens with one attached hydrogen (secondary N) is 2. The smallest absolute Gasteiger partial charge is 0.227 e. The Morgan fingerprint density at radius 2 is 2.00 bits per heavy atom. The van der Waals surface area contributed by atoms with Crippen molar-refractivity contribution in [2.45, 2.75) is 25.7 Å². The van der Waals surface area contributed by atoms with Gasteiger partial charge in [0.05, 0.1) is 11.4 Å². The second kappa shape index (κ2) is 6.72. The molecule has 5 nitrogen and oxygen atoms in total. The summed E-state index contributed by atoms with van der Waals surface area (Å²) in [4.78, 5) is 23.5. The van der Waals surface area contributed by atoms with Crippen LogP contribution in [0.2, 0.25) is 5.02 Å². The normalized spacial score (nSPS) is 13.9. The minimum Gasteiger partial charge on any atom is -0.330 e. The molecule has 4 N–H and O–H groups in total. The van der Waals surface area contributed by atoms with Crippen molar-refractivity contribution in [3.05, 3.63) is 23.2 Å². The molecule has 0 radical (unpaired) electrons. The zero-order chi connectivity index (χ0) is 14.5. The Bertz CT molecular complexity index is 515. The topological polar surface area (TPSA) is 84.2 Å². The summed E-state index contributed by atoms with van der Waals surface area (Å²) in [6.45, 7) is 0.467. The first-order valence-electron chi connectivity index (χ1n) is 6.70. The number of benzene rings is 1. The van der Waals surface area contributed by atoms with E-state index in [4.69, 9.17) is 17.3 Å². The minimum absolute atomic E-state index is 0.00946. The van der Waals surface area contributed by atoms with Crippen molar-refractivity contribution in [1.29, 1.82) is 0 Å².